The Bertz CT molecular complexity index is 1380. The molecule has 4 aromatic rings. The van der Waals surface area contributed by atoms with E-state index in [4.69, 9.17) is 4.42 Å². The molecule has 1 amide bonds. The predicted molar refractivity (Wildman–Crippen MR) is 133 cm³/mol. The van der Waals surface area contributed by atoms with Crippen LogP contribution in [0.2, 0.25) is 0 Å². The molecule has 0 radical (unpaired) electrons. The molecule has 0 atom stereocenters. The van der Waals surface area contributed by atoms with Gasteiger partial charge >= 0.3 is 0 Å². The van der Waals surface area contributed by atoms with Crippen LogP contribution in [0.5, 0.6) is 0 Å². The molecule has 174 valence electrons. The number of oxazole rings is 1. The molecule has 0 aliphatic heterocycles. The highest BCUT2D eigenvalue weighted by atomic mass is 32.2. The van der Waals surface area contributed by atoms with Gasteiger partial charge in [-0.05, 0) is 67.3 Å². The standard InChI is InChI=1S/C26H24N2O4S2/c1-18-24(17-34(30,31)23-6-4-3-5-7-23)28-26(32-18)21-12-10-20(11-13-21)25(29)27-16-19-8-14-22(33-2)15-9-19/h3-15H,16-17H2,1-2H3,(H,27,29). The molecule has 0 spiro atoms. The van der Waals surface area contributed by atoms with Gasteiger partial charge in [-0.3, -0.25) is 4.79 Å². The van der Waals surface area contributed by atoms with Crippen molar-refractivity contribution >= 4 is 27.5 Å². The lowest BCUT2D eigenvalue weighted by Crippen LogP contribution is -2.22. The molecule has 0 saturated heterocycles. The van der Waals surface area contributed by atoms with Crippen molar-refractivity contribution in [2.24, 2.45) is 0 Å². The molecule has 1 aromatic heterocycles. The monoisotopic (exact) mass is 492 g/mol. The van der Waals surface area contributed by atoms with Crippen molar-refractivity contribution in [3.8, 4) is 11.5 Å². The molecule has 0 fully saturated rings. The summed E-state index contributed by atoms with van der Waals surface area (Å²) in [5.41, 5.74) is 2.57. The fourth-order valence-corrected chi connectivity index (χ4v) is 5.14. The molecular weight excluding hydrogens is 468 g/mol. The number of carbonyl (C=O) groups is 1. The summed E-state index contributed by atoms with van der Waals surface area (Å²) in [6, 6.07) is 23.2. The topological polar surface area (TPSA) is 89.3 Å². The lowest BCUT2D eigenvalue weighted by atomic mass is 10.1. The number of rotatable bonds is 8. The summed E-state index contributed by atoms with van der Waals surface area (Å²) in [6.45, 7) is 2.13. The maximum Gasteiger partial charge on any atom is 0.251 e. The fraction of sp³-hybridized carbons (Fsp3) is 0.154. The number of aryl methyl sites for hydroxylation is 1. The van der Waals surface area contributed by atoms with Gasteiger partial charge in [0.1, 0.15) is 11.5 Å². The predicted octanol–water partition coefficient (Wildman–Crippen LogP) is 5.28. The molecule has 4 rings (SSSR count). The molecule has 0 aliphatic rings. The number of hydrogen-bond acceptors (Lipinski definition) is 6. The maximum absolute atomic E-state index is 12.7. The van der Waals surface area contributed by atoms with Crippen LogP contribution in [0.4, 0.5) is 0 Å². The van der Waals surface area contributed by atoms with Crippen LogP contribution in [0, 0.1) is 6.92 Å². The third kappa shape index (κ3) is 5.58. The van der Waals surface area contributed by atoms with Crippen LogP contribution >= 0.6 is 11.8 Å². The highest BCUT2D eigenvalue weighted by Gasteiger charge is 2.21. The lowest BCUT2D eigenvalue weighted by Gasteiger charge is -2.06. The number of nitrogens with one attached hydrogen (secondary N) is 1. The largest absolute Gasteiger partial charge is 0.441 e. The zero-order valence-electron chi connectivity index (χ0n) is 18.8. The molecule has 3 aromatic carbocycles. The number of hydrogen-bond donors (Lipinski definition) is 1. The first-order chi connectivity index (χ1) is 16.4. The number of amides is 1. The van der Waals surface area contributed by atoms with E-state index in [9.17, 15) is 13.2 Å². The van der Waals surface area contributed by atoms with Crippen molar-refractivity contribution < 1.29 is 17.6 Å². The molecule has 0 unspecified atom stereocenters. The third-order valence-corrected chi connectivity index (χ3v) is 7.72. The van der Waals surface area contributed by atoms with Crippen molar-refractivity contribution in [2.75, 3.05) is 6.26 Å². The van der Waals surface area contributed by atoms with E-state index < -0.39 is 9.84 Å². The van der Waals surface area contributed by atoms with Gasteiger partial charge in [-0.25, -0.2) is 13.4 Å². The van der Waals surface area contributed by atoms with Crippen molar-refractivity contribution in [1.29, 1.82) is 0 Å². The van der Waals surface area contributed by atoms with Gasteiger partial charge in [0, 0.05) is 22.6 Å². The SMILES string of the molecule is CSc1ccc(CNC(=O)c2ccc(-c3nc(CS(=O)(=O)c4ccccc4)c(C)o3)cc2)cc1. The first-order valence-electron chi connectivity index (χ1n) is 10.6. The second-order valence-electron chi connectivity index (χ2n) is 7.70. The first-order valence-corrected chi connectivity index (χ1v) is 13.5. The molecular formula is C26H24N2O4S2. The highest BCUT2D eigenvalue weighted by Crippen LogP contribution is 2.25. The number of thioether (sulfide) groups is 1. The minimum absolute atomic E-state index is 0.182. The van der Waals surface area contributed by atoms with Crippen molar-refractivity contribution in [1.82, 2.24) is 10.3 Å². The Labute approximate surface area is 203 Å². The minimum Gasteiger partial charge on any atom is -0.441 e. The second kappa shape index (κ2) is 10.3. The summed E-state index contributed by atoms with van der Waals surface area (Å²) in [6.07, 6.45) is 2.02. The van der Waals surface area contributed by atoms with Gasteiger partial charge < -0.3 is 9.73 Å². The van der Waals surface area contributed by atoms with Crippen LogP contribution in [-0.2, 0) is 22.1 Å². The first kappa shape index (κ1) is 23.8. The van der Waals surface area contributed by atoms with Gasteiger partial charge in [0.25, 0.3) is 5.91 Å². The van der Waals surface area contributed by atoms with Crippen LogP contribution < -0.4 is 5.32 Å². The summed E-state index contributed by atoms with van der Waals surface area (Å²) in [5.74, 6) is 0.337. The Morgan fingerprint density at radius 2 is 1.65 bits per heavy atom. The van der Waals surface area contributed by atoms with Gasteiger partial charge in [-0.2, -0.15) is 0 Å². The Morgan fingerprint density at radius 1 is 0.971 bits per heavy atom. The van der Waals surface area contributed by atoms with Crippen LogP contribution in [0.15, 0.2) is 93.1 Å². The van der Waals surface area contributed by atoms with E-state index in [1.54, 1.807) is 73.3 Å². The molecule has 0 saturated carbocycles. The van der Waals surface area contributed by atoms with Gasteiger partial charge in [-0.1, -0.05) is 30.3 Å². The van der Waals surface area contributed by atoms with Crippen LogP contribution in [-0.4, -0.2) is 25.6 Å². The zero-order chi connectivity index (χ0) is 24.1. The van der Waals surface area contributed by atoms with Gasteiger partial charge in [0.15, 0.2) is 9.84 Å². The molecule has 0 aliphatic carbocycles. The second-order valence-corrected chi connectivity index (χ2v) is 10.6. The van der Waals surface area contributed by atoms with E-state index in [-0.39, 0.29) is 16.6 Å². The van der Waals surface area contributed by atoms with Crippen LogP contribution in [0.3, 0.4) is 0 Å². The van der Waals surface area contributed by atoms with E-state index in [1.807, 2.05) is 30.5 Å². The zero-order valence-corrected chi connectivity index (χ0v) is 20.4. The summed E-state index contributed by atoms with van der Waals surface area (Å²) in [7, 11) is -3.53. The minimum atomic E-state index is -3.53. The summed E-state index contributed by atoms with van der Waals surface area (Å²) < 4.78 is 31.1. The average Bonchev–Trinajstić information content (AvgIpc) is 3.22. The lowest BCUT2D eigenvalue weighted by molar-refractivity contribution is 0.0951. The fourth-order valence-electron chi connectivity index (χ4n) is 3.37. The highest BCUT2D eigenvalue weighted by molar-refractivity contribution is 7.98. The number of benzene rings is 3. The number of sulfone groups is 1. The van der Waals surface area contributed by atoms with E-state index in [0.717, 1.165) is 5.56 Å². The Hall–Kier alpha value is -3.36. The summed E-state index contributed by atoms with van der Waals surface area (Å²) in [4.78, 5) is 18.3. The Morgan fingerprint density at radius 3 is 2.29 bits per heavy atom. The van der Waals surface area contributed by atoms with Gasteiger partial charge in [0.2, 0.25) is 5.89 Å². The Kier molecular flexibility index (Phi) is 7.19. The van der Waals surface area contributed by atoms with Crippen LogP contribution in [0.1, 0.15) is 27.4 Å². The summed E-state index contributed by atoms with van der Waals surface area (Å²) >= 11 is 1.67. The number of nitrogens with zero attached hydrogens (tertiary/aromatic N) is 1. The Balaban J connectivity index is 1.43. The number of aromatic nitrogens is 1. The van der Waals surface area contributed by atoms with Crippen molar-refractivity contribution in [2.45, 2.75) is 29.0 Å². The van der Waals surface area contributed by atoms with E-state index in [1.165, 1.54) is 4.90 Å². The van der Waals surface area contributed by atoms with Gasteiger partial charge in [0.05, 0.1) is 10.6 Å². The summed E-state index contributed by atoms with van der Waals surface area (Å²) in [5, 5.41) is 2.91. The van der Waals surface area contributed by atoms with E-state index >= 15 is 0 Å². The molecule has 1 heterocycles. The molecule has 34 heavy (non-hydrogen) atoms. The average molecular weight is 493 g/mol. The number of carbonyl (C=O) groups excluding carboxylic acids is 1. The molecule has 1 N–H and O–H groups in total. The smallest absolute Gasteiger partial charge is 0.251 e. The quantitative estimate of drug-likeness (QED) is 0.337. The van der Waals surface area contributed by atoms with Gasteiger partial charge in [-0.15, -0.1) is 11.8 Å². The maximum atomic E-state index is 12.7. The molecule has 8 heteroatoms. The van der Waals surface area contributed by atoms with Crippen molar-refractivity contribution in [3.05, 3.63) is 101 Å². The van der Waals surface area contributed by atoms with E-state index in [0.29, 0.717) is 35.0 Å². The molecule has 6 nitrogen and oxygen atoms in total. The normalized spacial score (nSPS) is 11.4. The van der Waals surface area contributed by atoms with Crippen LogP contribution in [0.25, 0.3) is 11.5 Å². The van der Waals surface area contributed by atoms with Crippen molar-refractivity contribution in [3.63, 3.8) is 0 Å². The molecule has 0 bridgehead atoms. The van der Waals surface area contributed by atoms with E-state index in [2.05, 4.69) is 10.3 Å². The third-order valence-electron chi connectivity index (χ3n) is 5.33.